The van der Waals surface area contributed by atoms with E-state index < -0.39 is 5.97 Å². The van der Waals surface area contributed by atoms with Gasteiger partial charge in [0.15, 0.2) is 0 Å². The Bertz CT molecular complexity index is 344. The average Bonchev–Trinajstić information content (AvgIpc) is 2.08. The van der Waals surface area contributed by atoms with Gasteiger partial charge in [-0.1, -0.05) is 17.7 Å². The number of benzene rings is 1. The Labute approximate surface area is 90.9 Å². The molecular weight excluding hydrogens is 188 g/mol. The second kappa shape index (κ2) is 4.96. The van der Waals surface area contributed by atoms with Crippen molar-refractivity contribution in [3.8, 4) is 0 Å². The van der Waals surface area contributed by atoms with Crippen molar-refractivity contribution in [3.63, 3.8) is 0 Å². The summed E-state index contributed by atoms with van der Waals surface area (Å²) in [7, 11) is 0. The average molecular weight is 206 g/mol. The van der Waals surface area contributed by atoms with E-state index in [0.29, 0.717) is 0 Å². The summed E-state index contributed by atoms with van der Waals surface area (Å²) in [4.78, 5) is 10.4. The SMILES string of the molecule is Cc1cc(C)c(CCCC(=O)O)c(C)c1. The Balaban J connectivity index is 2.72. The third kappa shape index (κ3) is 3.39. The first-order valence-corrected chi connectivity index (χ1v) is 5.29. The molecule has 0 aliphatic heterocycles. The van der Waals surface area contributed by atoms with Crippen molar-refractivity contribution in [2.75, 3.05) is 0 Å². The lowest BCUT2D eigenvalue weighted by molar-refractivity contribution is -0.137. The summed E-state index contributed by atoms with van der Waals surface area (Å²) in [6, 6.07) is 4.31. The van der Waals surface area contributed by atoms with E-state index in [0.717, 1.165) is 12.8 Å². The zero-order valence-corrected chi connectivity index (χ0v) is 9.63. The highest BCUT2D eigenvalue weighted by molar-refractivity contribution is 5.66. The van der Waals surface area contributed by atoms with Gasteiger partial charge in [0.05, 0.1) is 0 Å². The molecule has 82 valence electrons. The van der Waals surface area contributed by atoms with E-state index in [4.69, 9.17) is 5.11 Å². The van der Waals surface area contributed by atoms with Crippen molar-refractivity contribution in [2.45, 2.75) is 40.0 Å². The smallest absolute Gasteiger partial charge is 0.303 e. The lowest BCUT2D eigenvalue weighted by atomic mass is 9.96. The Morgan fingerprint density at radius 2 is 1.73 bits per heavy atom. The highest BCUT2D eigenvalue weighted by Crippen LogP contribution is 2.18. The van der Waals surface area contributed by atoms with Crippen LogP contribution in [0.5, 0.6) is 0 Å². The molecule has 0 fully saturated rings. The quantitative estimate of drug-likeness (QED) is 0.822. The van der Waals surface area contributed by atoms with E-state index in [2.05, 4.69) is 32.9 Å². The van der Waals surface area contributed by atoms with Crippen molar-refractivity contribution >= 4 is 5.97 Å². The fraction of sp³-hybridized carbons (Fsp3) is 0.462. The van der Waals surface area contributed by atoms with Gasteiger partial charge in [-0.25, -0.2) is 0 Å². The van der Waals surface area contributed by atoms with E-state index in [1.165, 1.54) is 22.3 Å². The minimum Gasteiger partial charge on any atom is -0.481 e. The lowest BCUT2D eigenvalue weighted by Crippen LogP contribution is -1.99. The van der Waals surface area contributed by atoms with Gasteiger partial charge in [0.2, 0.25) is 0 Å². The molecule has 2 nitrogen and oxygen atoms in total. The van der Waals surface area contributed by atoms with Gasteiger partial charge in [0, 0.05) is 6.42 Å². The molecule has 0 aromatic heterocycles. The van der Waals surface area contributed by atoms with Gasteiger partial charge in [0.1, 0.15) is 0 Å². The van der Waals surface area contributed by atoms with Crippen molar-refractivity contribution < 1.29 is 9.90 Å². The van der Waals surface area contributed by atoms with Crippen LogP contribution in [0, 0.1) is 20.8 Å². The molecule has 0 saturated carbocycles. The Morgan fingerprint density at radius 3 is 2.20 bits per heavy atom. The second-order valence-corrected chi connectivity index (χ2v) is 4.12. The van der Waals surface area contributed by atoms with E-state index in [-0.39, 0.29) is 6.42 Å². The van der Waals surface area contributed by atoms with Crippen LogP contribution in [0.3, 0.4) is 0 Å². The van der Waals surface area contributed by atoms with Gasteiger partial charge < -0.3 is 5.11 Å². The van der Waals surface area contributed by atoms with Gasteiger partial charge in [0.25, 0.3) is 0 Å². The summed E-state index contributed by atoms with van der Waals surface area (Å²) in [5.74, 6) is -0.711. The van der Waals surface area contributed by atoms with Crippen LogP contribution in [0.2, 0.25) is 0 Å². The first-order chi connectivity index (χ1) is 7.00. The standard InChI is InChI=1S/C13H18O2/c1-9-7-10(2)12(11(3)8-9)5-4-6-13(14)15/h7-8H,4-6H2,1-3H3,(H,14,15). The number of rotatable bonds is 4. The number of carboxylic acids is 1. The zero-order chi connectivity index (χ0) is 11.4. The first-order valence-electron chi connectivity index (χ1n) is 5.29. The molecule has 0 aliphatic carbocycles. The normalized spacial score (nSPS) is 10.3. The van der Waals surface area contributed by atoms with E-state index >= 15 is 0 Å². The van der Waals surface area contributed by atoms with Crippen molar-refractivity contribution in [3.05, 3.63) is 34.4 Å². The minimum absolute atomic E-state index is 0.257. The third-order valence-corrected chi connectivity index (χ3v) is 2.66. The molecule has 0 radical (unpaired) electrons. The molecule has 2 heteroatoms. The maximum atomic E-state index is 10.4. The number of aryl methyl sites for hydroxylation is 3. The van der Waals surface area contributed by atoms with Crippen LogP contribution in [0.25, 0.3) is 0 Å². The molecule has 1 aromatic carbocycles. The molecule has 1 rings (SSSR count). The van der Waals surface area contributed by atoms with Crippen molar-refractivity contribution in [1.29, 1.82) is 0 Å². The molecule has 0 aliphatic rings. The summed E-state index contributed by atoms with van der Waals surface area (Å²) >= 11 is 0. The molecular formula is C13H18O2. The van der Waals surface area contributed by atoms with Crippen LogP contribution in [-0.2, 0) is 11.2 Å². The molecule has 0 heterocycles. The van der Waals surface area contributed by atoms with E-state index in [9.17, 15) is 4.79 Å². The lowest BCUT2D eigenvalue weighted by Gasteiger charge is -2.10. The van der Waals surface area contributed by atoms with Gasteiger partial charge in [-0.2, -0.15) is 0 Å². The second-order valence-electron chi connectivity index (χ2n) is 4.12. The minimum atomic E-state index is -0.711. The molecule has 0 atom stereocenters. The Morgan fingerprint density at radius 1 is 1.20 bits per heavy atom. The maximum Gasteiger partial charge on any atom is 0.303 e. The molecule has 0 unspecified atom stereocenters. The fourth-order valence-electron chi connectivity index (χ4n) is 2.02. The van der Waals surface area contributed by atoms with E-state index in [1.807, 2.05) is 0 Å². The number of hydrogen-bond acceptors (Lipinski definition) is 1. The van der Waals surface area contributed by atoms with Crippen LogP contribution >= 0.6 is 0 Å². The Hall–Kier alpha value is -1.31. The van der Waals surface area contributed by atoms with Gasteiger partial charge >= 0.3 is 5.97 Å². The summed E-state index contributed by atoms with van der Waals surface area (Å²) in [6.45, 7) is 6.27. The third-order valence-electron chi connectivity index (χ3n) is 2.66. The topological polar surface area (TPSA) is 37.3 Å². The maximum absolute atomic E-state index is 10.4. The zero-order valence-electron chi connectivity index (χ0n) is 9.63. The fourth-order valence-corrected chi connectivity index (χ4v) is 2.02. The van der Waals surface area contributed by atoms with Gasteiger partial charge in [-0.05, 0) is 50.3 Å². The summed E-state index contributed by atoms with van der Waals surface area (Å²) < 4.78 is 0. The molecule has 0 amide bonds. The van der Waals surface area contributed by atoms with Crippen LogP contribution in [-0.4, -0.2) is 11.1 Å². The highest BCUT2D eigenvalue weighted by atomic mass is 16.4. The van der Waals surface area contributed by atoms with Crippen LogP contribution in [0.4, 0.5) is 0 Å². The van der Waals surface area contributed by atoms with E-state index in [1.54, 1.807) is 0 Å². The Kier molecular flexibility index (Phi) is 3.89. The van der Waals surface area contributed by atoms with Gasteiger partial charge in [-0.15, -0.1) is 0 Å². The van der Waals surface area contributed by atoms with Crippen LogP contribution in [0.15, 0.2) is 12.1 Å². The number of carbonyl (C=O) groups is 1. The largest absolute Gasteiger partial charge is 0.481 e. The summed E-state index contributed by atoms with van der Waals surface area (Å²) in [5, 5.41) is 8.57. The molecule has 1 N–H and O–H groups in total. The number of aliphatic carboxylic acids is 1. The predicted molar refractivity (Wildman–Crippen MR) is 61.2 cm³/mol. The highest BCUT2D eigenvalue weighted by Gasteiger charge is 2.04. The number of carboxylic acid groups (broad SMARTS) is 1. The number of hydrogen-bond donors (Lipinski definition) is 1. The first kappa shape index (κ1) is 11.8. The molecule has 0 bridgehead atoms. The molecule has 0 saturated heterocycles. The van der Waals surface area contributed by atoms with Crippen molar-refractivity contribution in [1.82, 2.24) is 0 Å². The predicted octanol–water partition coefficient (Wildman–Crippen LogP) is 3.02. The summed E-state index contributed by atoms with van der Waals surface area (Å²) in [6.07, 6.45) is 1.84. The summed E-state index contributed by atoms with van der Waals surface area (Å²) in [5.41, 5.74) is 5.13. The van der Waals surface area contributed by atoms with Crippen LogP contribution < -0.4 is 0 Å². The van der Waals surface area contributed by atoms with Gasteiger partial charge in [-0.3, -0.25) is 4.79 Å². The molecule has 1 aromatic rings. The van der Waals surface area contributed by atoms with Crippen molar-refractivity contribution in [2.24, 2.45) is 0 Å². The monoisotopic (exact) mass is 206 g/mol. The van der Waals surface area contributed by atoms with Crippen LogP contribution in [0.1, 0.15) is 35.1 Å². The molecule has 15 heavy (non-hydrogen) atoms. The molecule has 0 spiro atoms.